The molecule has 0 radical (unpaired) electrons. The molecule has 4 aromatic rings. The summed E-state index contributed by atoms with van der Waals surface area (Å²) in [7, 11) is 0. The Morgan fingerprint density at radius 2 is 1.72 bits per heavy atom. The predicted molar refractivity (Wildman–Crippen MR) is 145 cm³/mol. The Kier molecular flexibility index (Phi) is 8.98. The first-order valence-electron chi connectivity index (χ1n) is 12.8. The molecule has 0 aliphatic carbocycles. The topological polar surface area (TPSA) is 77.0 Å². The van der Waals surface area contributed by atoms with Gasteiger partial charge in [-0.2, -0.15) is 0 Å². The van der Waals surface area contributed by atoms with E-state index in [2.05, 4.69) is 57.5 Å². The van der Waals surface area contributed by atoms with Crippen molar-refractivity contribution in [2.45, 2.75) is 52.4 Å². The summed E-state index contributed by atoms with van der Waals surface area (Å²) in [6.07, 6.45) is 7.58. The Balaban J connectivity index is 1.29. The highest BCUT2D eigenvalue weighted by Gasteiger charge is 2.11. The van der Waals surface area contributed by atoms with Gasteiger partial charge in [0.25, 0.3) is 0 Å². The molecule has 0 saturated carbocycles. The molecule has 1 atom stereocenters. The summed E-state index contributed by atoms with van der Waals surface area (Å²) in [6.45, 7) is 4.79. The van der Waals surface area contributed by atoms with Crippen LogP contribution in [0.5, 0.6) is 5.75 Å². The molecule has 0 fully saturated rings. The number of nitrogens with zero attached hydrogens (tertiary/aromatic N) is 3. The van der Waals surface area contributed by atoms with Gasteiger partial charge in [-0.1, -0.05) is 62.2 Å². The van der Waals surface area contributed by atoms with Crippen molar-refractivity contribution in [2.75, 3.05) is 11.9 Å². The number of hydrogen-bond donors (Lipinski definition) is 1. The standard InChI is InChI=1S/C30H34N4O2/c1-3-36-27-17-8-7-16-24(27)26-21-31-25-19-20-28(34-30(25)32-26)33-29(35)18-10-12-22(2)11-9-15-23-13-5-4-6-14-23/h4-8,13-14,16-17,19-22H,3,9-12,15,18H2,1-2H3,(H,32,33,34,35). The summed E-state index contributed by atoms with van der Waals surface area (Å²) < 4.78 is 5.73. The number of pyridine rings is 1. The molecule has 1 amide bonds. The van der Waals surface area contributed by atoms with Crippen LogP contribution in [0.2, 0.25) is 0 Å². The van der Waals surface area contributed by atoms with Crippen LogP contribution in [0.15, 0.2) is 72.9 Å². The van der Waals surface area contributed by atoms with Crippen LogP contribution in [0, 0.1) is 5.92 Å². The van der Waals surface area contributed by atoms with E-state index in [1.165, 1.54) is 18.4 Å². The van der Waals surface area contributed by atoms with Gasteiger partial charge in [-0.3, -0.25) is 9.78 Å². The van der Waals surface area contributed by atoms with Crippen LogP contribution in [-0.2, 0) is 11.2 Å². The molecule has 186 valence electrons. The lowest BCUT2D eigenvalue weighted by molar-refractivity contribution is -0.116. The second-order valence-electron chi connectivity index (χ2n) is 9.15. The SMILES string of the molecule is CCOc1ccccc1-c1cnc2ccc(NC(=O)CCCC(C)CCCc3ccccc3)nc2n1. The Hall–Kier alpha value is -3.80. The highest BCUT2D eigenvalue weighted by molar-refractivity contribution is 5.90. The van der Waals surface area contributed by atoms with Crippen molar-refractivity contribution in [3.05, 3.63) is 78.5 Å². The van der Waals surface area contributed by atoms with Gasteiger partial charge in [-0.15, -0.1) is 0 Å². The smallest absolute Gasteiger partial charge is 0.225 e. The number of anilines is 1. The number of benzene rings is 2. The van der Waals surface area contributed by atoms with Crippen molar-refractivity contribution in [1.82, 2.24) is 15.0 Å². The first-order valence-corrected chi connectivity index (χ1v) is 12.8. The van der Waals surface area contributed by atoms with Crippen LogP contribution in [0.1, 0.15) is 51.5 Å². The van der Waals surface area contributed by atoms with Crippen LogP contribution in [0.3, 0.4) is 0 Å². The number of amides is 1. The molecule has 0 aliphatic heterocycles. The number of para-hydroxylation sites is 1. The highest BCUT2D eigenvalue weighted by atomic mass is 16.5. The van der Waals surface area contributed by atoms with Crippen molar-refractivity contribution >= 4 is 22.9 Å². The molecule has 2 heterocycles. The lowest BCUT2D eigenvalue weighted by atomic mass is 9.96. The average molecular weight is 483 g/mol. The molecule has 2 aromatic carbocycles. The fourth-order valence-electron chi connectivity index (χ4n) is 4.32. The van der Waals surface area contributed by atoms with Crippen molar-refractivity contribution in [3.63, 3.8) is 0 Å². The molecule has 4 rings (SSSR count). The van der Waals surface area contributed by atoms with E-state index < -0.39 is 0 Å². The Morgan fingerprint density at radius 1 is 0.944 bits per heavy atom. The average Bonchev–Trinajstić information content (AvgIpc) is 2.89. The molecule has 36 heavy (non-hydrogen) atoms. The van der Waals surface area contributed by atoms with Gasteiger partial charge in [0.05, 0.1) is 18.5 Å². The third-order valence-corrected chi connectivity index (χ3v) is 6.24. The first kappa shape index (κ1) is 25.3. The summed E-state index contributed by atoms with van der Waals surface area (Å²) in [4.78, 5) is 26.3. The minimum atomic E-state index is -0.0239. The van der Waals surface area contributed by atoms with Gasteiger partial charge < -0.3 is 10.1 Å². The van der Waals surface area contributed by atoms with Crippen molar-refractivity contribution in [1.29, 1.82) is 0 Å². The summed E-state index contributed by atoms with van der Waals surface area (Å²) >= 11 is 0. The van der Waals surface area contributed by atoms with Gasteiger partial charge in [-0.05, 0) is 61.9 Å². The monoisotopic (exact) mass is 482 g/mol. The van der Waals surface area contributed by atoms with Crippen LogP contribution < -0.4 is 10.1 Å². The number of hydrogen-bond acceptors (Lipinski definition) is 5. The summed E-state index contributed by atoms with van der Waals surface area (Å²) in [5.74, 6) is 1.83. The molecule has 2 aromatic heterocycles. The second kappa shape index (κ2) is 12.8. The molecular weight excluding hydrogens is 448 g/mol. The number of nitrogens with one attached hydrogen (secondary N) is 1. The van der Waals surface area contributed by atoms with Gasteiger partial charge in [-0.25, -0.2) is 9.97 Å². The van der Waals surface area contributed by atoms with Crippen molar-refractivity contribution in [3.8, 4) is 17.0 Å². The molecule has 0 saturated heterocycles. The van der Waals surface area contributed by atoms with Crippen LogP contribution in [0.4, 0.5) is 5.82 Å². The maximum absolute atomic E-state index is 12.5. The predicted octanol–water partition coefficient (Wildman–Crippen LogP) is 6.86. The van der Waals surface area contributed by atoms with Gasteiger partial charge in [0.15, 0.2) is 5.65 Å². The molecule has 0 spiro atoms. The third-order valence-electron chi connectivity index (χ3n) is 6.24. The summed E-state index contributed by atoms with van der Waals surface area (Å²) in [5, 5.41) is 2.92. The van der Waals surface area contributed by atoms with E-state index in [1.807, 2.05) is 37.3 Å². The summed E-state index contributed by atoms with van der Waals surface area (Å²) in [5.41, 5.74) is 4.10. The quantitative estimate of drug-likeness (QED) is 0.239. The zero-order valence-electron chi connectivity index (χ0n) is 21.1. The Labute approximate surface area is 213 Å². The number of carbonyl (C=O) groups is 1. The van der Waals surface area contributed by atoms with E-state index in [9.17, 15) is 4.79 Å². The number of aromatic nitrogens is 3. The number of fused-ring (bicyclic) bond motifs is 1. The molecular formula is C30H34N4O2. The van der Waals surface area contributed by atoms with Crippen molar-refractivity contribution < 1.29 is 9.53 Å². The molecule has 0 bridgehead atoms. The maximum atomic E-state index is 12.5. The van der Waals surface area contributed by atoms with Crippen LogP contribution in [0.25, 0.3) is 22.4 Å². The third kappa shape index (κ3) is 7.11. The number of carbonyl (C=O) groups excluding carboxylic acids is 1. The second-order valence-corrected chi connectivity index (χ2v) is 9.15. The molecule has 6 heteroatoms. The van der Waals surface area contributed by atoms with Crippen LogP contribution >= 0.6 is 0 Å². The maximum Gasteiger partial charge on any atom is 0.225 e. The number of rotatable bonds is 12. The van der Waals surface area contributed by atoms with E-state index in [4.69, 9.17) is 4.74 Å². The normalized spacial score (nSPS) is 11.8. The summed E-state index contributed by atoms with van der Waals surface area (Å²) in [6, 6.07) is 21.9. The molecule has 6 nitrogen and oxygen atoms in total. The van der Waals surface area contributed by atoms with E-state index in [0.29, 0.717) is 41.6 Å². The van der Waals surface area contributed by atoms with E-state index >= 15 is 0 Å². The highest BCUT2D eigenvalue weighted by Crippen LogP contribution is 2.29. The number of ether oxygens (including phenoxy) is 1. The fraction of sp³-hybridized carbons (Fsp3) is 0.333. The minimum Gasteiger partial charge on any atom is -0.493 e. The molecule has 0 aliphatic rings. The van der Waals surface area contributed by atoms with Gasteiger partial charge in [0, 0.05) is 12.0 Å². The van der Waals surface area contributed by atoms with Crippen LogP contribution in [-0.4, -0.2) is 27.5 Å². The van der Waals surface area contributed by atoms with Gasteiger partial charge in [0.2, 0.25) is 5.91 Å². The number of aryl methyl sites for hydroxylation is 1. The lowest BCUT2D eigenvalue weighted by Crippen LogP contribution is -2.13. The van der Waals surface area contributed by atoms with E-state index in [1.54, 1.807) is 12.3 Å². The Bertz CT molecular complexity index is 1280. The van der Waals surface area contributed by atoms with E-state index in [-0.39, 0.29) is 5.91 Å². The Morgan fingerprint density at radius 3 is 2.56 bits per heavy atom. The zero-order chi connectivity index (χ0) is 25.2. The molecule has 1 N–H and O–H groups in total. The van der Waals surface area contributed by atoms with Gasteiger partial charge in [0.1, 0.15) is 17.1 Å². The minimum absolute atomic E-state index is 0.0239. The van der Waals surface area contributed by atoms with E-state index in [0.717, 1.165) is 30.6 Å². The van der Waals surface area contributed by atoms with Gasteiger partial charge >= 0.3 is 0 Å². The molecule has 1 unspecified atom stereocenters. The largest absolute Gasteiger partial charge is 0.493 e. The van der Waals surface area contributed by atoms with Crippen molar-refractivity contribution in [2.24, 2.45) is 5.92 Å². The first-order chi connectivity index (χ1) is 17.6. The lowest BCUT2D eigenvalue weighted by Gasteiger charge is -2.11. The zero-order valence-corrected chi connectivity index (χ0v) is 21.1. The fourth-order valence-corrected chi connectivity index (χ4v) is 4.32.